The molecule has 196 valence electrons. The number of aromatic amines is 1. The number of nitrogens with zero attached hydrogens (tertiary/aromatic N) is 4. The maximum absolute atomic E-state index is 10.6. The Bertz CT molecular complexity index is 1160. The molecule has 1 saturated heterocycles. The van der Waals surface area contributed by atoms with E-state index >= 15 is 0 Å². The van der Waals surface area contributed by atoms with Gasteiger partial charge >= 0.3 is 24.3 Å². The second-order valence-electron chi connectivity index (χ2n) is 6.72. The lowest BCUT2D eigenvalue weighted by Gasteiger charge is -2.27. The van der Waals surface area contributed by atoms with Gasteiger partial charge in [0, 0.05) is 35.5 Å². The summed E-state index contributed by atoms with van der Waals surface area (Å²) in [6.07, 6.45) is -6.57. The van der Waals surface area contributed by atoms with Gasteiger partial charge in [0.25, 0.3) is 0 Å². The minimum absolute atomic E-state index is 0.757. The Morgan fingerprint density at radius 1 is 0.972 bits per heavy atom. The molecule has 0 amide bonds. The standard InChI is InChI=1S/C15H14BrN5O.2C2HF3O2/c16-11-7-12-15(18-9-11)20-14(19-12)10-1-2-13(17-8-10)21-3-5-22-6-4-21;2*3-2(4,5)1(6)7/h1-2,7-9H,3-6H2,(H,18,19,20);2*(H,6,7). The second-order valence-corrected chi connectivity index (χ2v) is 7.63. The average Bonchev–Trinajstić information content (AvgIpc) is 3.22. The molecule has 1 aliphatic rings. The maximum Gasteiger partial charge on any atom is 0.490 e. The quantitative estimate of drug-likeness (QED) is 0.381. The van der Waals surface area contributed by atoms with Crippen LogP contribution in [0.3, 0.4) is 0 Å². The third-order valence-corrected chi connectivity index (χ3v) is 4.58. The van der Waals surface area contributed by atoms with E-state index in [0.717, 1.165) is 59.1 Å². The van der Waals surface area contributed by atoms with Gasteiger partial charge in [-0.15, -0.1) is 0 Å². The first kappa shape index (κ1) is 28.8. The molecule has 4 heterocycles. The summed E-state index contributed by atoms with van der Waals surface area (Å²) in [7, 11) is 0. The van der Waals surface area contributed by atoms with Crippen molar-refractivity contribution in [2.24, 2.45) is 0 Å². The average molecular weight is 588 g/mol. The van der Waals surface area contributed by atoms with Crippen molar-refractivity contribution in [2.45, 2.75) is 12.4 Å². The van der Waals surface area contributed by atoms with Gasteiger partial charge in [-0.05, 0) is 34.1 Å². The molecule has 36 heavy (non-hydrogen) atoms. The number of hydrogen-bond acceptors (Lipinski definition) is 7. The Morgan fingerprint density at radius 3 is 2.00 bits per heavy atom. The molecule has 0 spiro atoms. The number of nitrogens with one attached hydrogen (secondary N) is 1. The van der Waals surface area contributed by atoms with E-state index in [0.29, 0.717) is 0 Å². The molecule has 0 radical (unpaired) electrons. The number of carboxylic acid groups (broad SMARTS) is 2. The van der Waals surface area contributed by atoms with Crippen molar-refractivity contribution < 1.29 is 50.9 Å². The number of fused-ring (bicyclic) bond motifs is 1. The second kappa shape index (κ2) is 12.0. The van der Waals surface area contributed by atoms with Crippen LogP contribution >= 0.6 is 15.9 Å². The lowest BCUT2D eigenvalue weighted by Crippen LogP contribution is -2.36. The molecule has 10 nitrogen and oxygen atoms in total. The number of morpholine rings is 1. The number of imidazole rings is 1. The third kappa shape index (κ3) is 8.63. The zero-order valence-electron chi connectivity index (χ0n) is 17.8. The minimum Gasteiger partial charge on any atom is -0.475 e. The van der Waals surface area contributed by atoms with Gasteiger partial charge in [-0.25, -0.2) is 24.5 Å². The highest BCUT2D eigenvalue weighted by Gasteiger charge is 2.38. The molecule has 4 rings (SSSR count). The van der Waals surface area contributed by atoms with Gasteiger partial charge < -0.3 is 24.8 Å². The third-order valence-electron chi connectivity index (χ3n) is 4.14. The number of halogens is 7. The summed E-state index contributed by atoms with van der Waals surface area (Å²) >= 11 is 3.41. The van der Waals surface area contributed by atoms with Crippen LogP contribution in [0.5, 0.6) is 0 Å². The van der Waals surface area contributed by atoms with Crippen molar-refractivity contribution in [1.29, 1.82) is 0 Å². The molecular weight excluding hydrogens is 572 g/mol. The van der Waals surface area contributed by atoms with Gasteiger partial charge in [0.05, 0.1) is 13.2 Å². The number of alkyl halides is 6. The minimum atomic E-state index is -5.08. The van der Waals surface area contributed by atoms with Crippen LogP contribution in [0.4, 0.5) is 32.2 Å². The molecule has 0 saturated carbocycles. The number of aliphatic carboxylic acids is 2. The molecular formula is C19H16BrF6N5O5. The fourth-order valence-electron chi connectivity index (χ4n) is 2.51. The van der Waals surface area contributed by atoms with Crippen LogP contribution in [0.15, 0.2) is 35.1 Å². The summed E-state index contributed by atoms with van der Waals surface area (Å²) < 4.78 is 69.8. The smallest absolute Gasteiger partial charge is 0.475 e. The predicted molar refractivity (Wildman–Crippen MR) is 115 cm³/mol. The summed E-state index contributed by atoms with van der Waals surface area (Å²) in [5, 5.41) is 14.2. The van der Waals surface area contributed by atoms with E-state index in [-0.39, 0.29) is 0 Å². The molecule has 3 N–H and O–H groups in total. The summed E-state index contributed by atoms with van der Waals surface area (Å²) in [5.74, 6) is -3.76. The first-order chi connectivity index (χ1) is 16.7. The monoisotopic (exact) mass is 587 g/mol. The first-order valence-electron chi connectivity index (χ1n) is 9.59. The van der Waals surface area contributed by atoms with Gasteiger partial charge in [0.15, 0.2) is 5.65 Å². The Labute approximate surface area is 206 Å². The van der Waals surface area contributed by atoms with Crippen LogP contribution < -0.4 is 4.90 Å². The fraction of sp³-hybridized carbons (Fsp3) is 0.316. The van der Waals surface area contributed by atoms with E-state index in [9.17, 15) is 26.3 Å². The number of hydrogen-bond donors (Lipinski definition) is 3. The van der Waals surface area contributed by atoms with E-state index < -0.39 is 24.3 Å². The molecule has 1 fully saturated rings. The van der Waals surface area contributed by atoms with Gasteiger partial charge in [0.2, 0.25) is 0 Å². The van der Waals surface area contributed by atoms with Crippen molar-refractivity contribution in [2.75, 3.05) is 31.2 Å². The SMILES string of the molecule is Brc1cnc2[nH]c(-c3ccc(N4CCOCC4)nc3)nc2c1.O=C(O)C(F)(F)F.O=C(O)C(F)(F)F. The van der Waals surface area contributed by atoms with E-state index in [2.05, 4.69) is 40.8 Å². The Kier molecular flexibility index (Phi) is 9.57. The number of carbonyl (C=O) groups is 2. The van der Waals surface area contributed by atoms with Crippen LogP contribution in [0.2, 0.25) is 0 Å². The van der Waals surface area contributed by atoms with Gasteiger partial charge in [0.1, 0.15) is 17.2 Å². The maximum atomic E-state index is 10.6. The first-order valence-corrected chi connectivity index (χ1v) is 10.4. The number of anilines is 1. The predicted octanol–water partition coefficient (Wildman–Crippen LogP) is 3.89. The number of H-pyrrole nitrogens is 1. The zero-order valence-corrected chi connectivity index (χ0v) is 19.4. The number of aromatic nitrogens is 4. The fourth-order valence-corrected chi connectivity index (χ4v) is 2.83. The van der Waals surface area contributed by atoms with Crippen LogP contribution in [0.1, 0.15) is 0 Å². The van der Waals surface area contributed by atoms with Crippen molar-refractivity contribution >= 4 is 44.9 Å². The Morgan fingerprint density at radius 2 is 1.53 bits per heavy atom. The summed E-state index contributed by atoms with van der Waals surface area (Å²) in [6.45, 7) is 3.28. The van der Waals surface area contributed by atoms with Crippen molar-refractivity contribution in [3.05, 3.63) is 35.1 Å². The largest absolute Gasteiger partial charge is 0.490 e. The Hall–Kier alpha value is -3.47. The Balaban J connectivity index is 0.000000271. The van der Waals surface area contributed by atoms with Gasteiger partial charge in [-0.2, -0.15) is 26.3 Å². The van der Waals surface area contributed by atoms with E-state index in [1.165, 1.54) is 0 Å². The lowest BCUT2D eigenvalue weighted by atomic mass is 10.2. The highest BCUT2D eigenvalue weighted by molar-refractivity contribution is 9.10. The number of rotatable bonds is 2. The summed E-state index contributed by atoms with van der Waals surface area (Å²) in [5.41, 5.74) is 2.56. The molecule has 1 aliphatic heterocycles. The molecule has 0 aromatic carbocycles. The molecule has 17 heteroatoms. The van der Waals surface area contributed by atoms with Gasteiger partial charge in [-0.3, -0.25) is 0 Å². The van der Waals surface area contributed by atoms with E-state index in [1.807, 2.05) is 24.4 Å². The molecule has 0 atom stereocenters. The lowest BCUT2D eigenvalue weighted by molar-refractivity contribution is -0.193. The van der Waals surface area contributed by atoms with Crippen LogP contribution in [-0.4, -0.2) is 80.7 Å². The summed E-state index contributed by atoms with van der Waals surface area (Å²) in [6, 6.07) is 6.00. The number of pyridine rings is 2. The van der Waals surface area contributed by atoms with E-state index in [1.54, 1.807) is 6.20 Å². The van der Waals surface area contributed by atoms with Crippen LogP contribution in [0.25, 0.3) is 22.6 Å². The van der Waals surface area contributed by atoms with Crippen molar-refractivity contribution in [3.63, 3.8) is 0 Å². The molecule has 0 aliphatic carbocycles. The normalized spacial score (nSPS) is 13.8. The molecule has 3 aromatic heterocycles. The highest BCUT2D eigenvalue weighted by atomic mass is 79.9. The number of ether oxygens (including phenoxy) is 1. The van der Waals surface area contributed by atoms with Crippen molar-refractivity contribution in [3.8, 4) is 11.4 Å². The van der Waals surface area contributed by atoms with Crippen molar-refractivity contribution in [1.82, 2.24) is 19.9 Å². The summed E-state index contributed by atoms with van der Waals surface area (Å²) in [4.78, 5) is 36.7. The molecule has 0 bridgehead atoms. The van der Waals surface area contributed by atoms with Crippen LogP contribution in [-0.2, 0) is 14.3 Å². The molecule has 0 unspecified atom stereocenters. The topological polar surface area (TPSA) is 142 Å². The molecule has 3 aromatic rings. The van der Waals surface area contributed by atoms with Gasteiger partial charge in [-0.1, -0.05) is 0 Å². The zero-order chi connectivity index (χ0) is 27.1. The van der Waals surface area contributed by atoms with E-state index in [4.69, 9.17) is 24.5 Å². The van der Waals surface area contributed by atoms with Crippen LogP contribution in [0, 0.1) is 0 Å². The highest BCUT2D eigenvalue weighted by Crippen LogP contribution is 2.23. The number of carboxylic acids is 2.